The first-order valence-electron chi connectivity index (χ1n) is 6.57. The SMILES string of the molecule is CCC(I)OC(=O)Cc1ccccc1OC(=O)C(C)C. The number of carbonyl (C=O) groups excluding carboxylic acids is 2. The maximum absolute atomic E-state index is 11.8. The van der Waals surface area contributed by atoms with Crippen LogP contribution >= 0.6 is 22.6 Å². The molecule has 1 aromatic carbocycles. The second-order valence-corrected chi connectivity index (χ2v) is 6.06. The molecule has 0 aliphatic heterocycles. The Morgan fingerprint density at radius 1 is 1.25 bits per heavy atom. The fourth-order valence-corrected chi connectivity index (χ4v) is 1.68. The molecule has 4 nitrogen and oxygen atoms in total. The van der Waals surface area contributed by atoms with Crippen LogP contribution in [-0.4, -0.2) is 16.0 Å². The Labute approximate surface area is 133 Å². The van der Waals surface area contributed by atoms with Crippen molar-refractivity contribution in [1.82, 2.24) is 0 Å². The van der Waals surface area contributed by atoms with Gasteiger partial charge in [0.1, 0.15) is 5.75 Å². The highest BCUT2D eigenvalue weighted by Crippen LogP contribution is 2.21. The molecule has 1 aromatic rings. The van der Waals surface area contributed by atoms with E-state index in [0.717, 1.165) is 6.42 Å². The summed E-state index contributed by atoms with van der Waals surface area (Å²) in [5.41, 5.74) is 0.659. The molecule has 20 heavy (non-hydrogen) atoms. The quantitative estimate of drug-likeness (QED) is 0.323. The largest absolute Gasteiger partial charge is 0.451 e. The predicted octanol–water partition coefficient (Wildman–Crippen LogP) is 3.50. The number of benzene rings is 1. The van der Waals surface area contributed by atoms with Crippen molar-refractivity contribution in [2.75, 3.05) is 0 Å². The number of alkyl halides is 1. The maximum atomic E-state index is 11.8. The molecule has 0 aromatic heterocycles. The summed E-state index contributed by atoms with van der Waals surface area (Å²) in [5.74, 6) is -0.427. The second-order valence-electron chi connectivity index (χ2n) is 4.67. The molecule has 0 spiro atoms. The summed E-state index contributed by atoms with van der Waals surface area (Å²) >= 11 is 2.07. The number of rotatable bonds is 6. The van der Waals surface area contributed by atoms with Crippen molar-refractivity contribution in [2.24, 2.45) is 5.92 Å². The summed E-state index contributed by atoms with van der Waals surface area (Å²) in [7, 11) is 0. The van der Waals surface area contributed by atoms with Gasteiger partial charge in [0.15, 0.2) is 4.11 Å². The number of hydrogen-bond acceptors (Lipinski definition) is 4. The highest BCUT2D eigenvalue weighted by molar-refractivity contribution is 14.1. The molecule has 0 aliphatic carbocycles. The van der Waals surface area contributed by atoms with Crippen LogP contribution < -0.4 is 4.74 Å². The number of esters is 2. The van der Waals surface area contributed by atoms with Gasteiger partial charge >= 0.3 is 11.9 Å². The average Bonchev–Trinajstić information content (AvgIpc) is 2.40. The van der Waals surface area contributed by atoms with Crippen LogP contribution in [0.1, 0.15) is 32.8 Å². The highest BCUT2D eigenvalue weighted by atomic mass is 127. The van der Waals surface area contributed by atoms with Gasteiger partial charge in [-0.15, -0.1) is 0 Å². The van der Waals surface area contributed by atoms with Crippen LogP contribution in [0.25, 0.3) is 0 Å². The lowest BCUT2D eigenvalue weighted by Crippen LogP contribution is -2.17. The Morgan fingerprint density at radius 2 is 1.90 bits per heavy atom. The minimum Gasteiger partial charge on any atom is -0.451 e. The third kappa shape index (κ3) is 5.48. The Hall–Kier alpha value is -1.11. The van der Waals surface area contributed by atoms with Crippen molar-refractivity contribution in [3.05, 3.63) is 29.8 Å². The van der Waals surface area contributed by atoms with Gasteiger partial charge in [-0.05, 0) is 35.1 Å². The van der Waals surface area contributed by atoms with E-state index < -0.39 is 0 Å². The van der Waals surface area contributed by atoms with Crippen LogP contribution in [0.5, 0.6) is 5.75 Å². The van der Waals surface area contributed by atoms with Crippen LogP contribution in [0.15, 0.2) is 24.3 Å². The molecule has 0 saturated carbocycles. The minimum absolute atomic E-state index is 0.0983. The first kappa shape index (κ1) is 16.9. The molecule has 0 radical (unpaired) electrons. The molecule has 0 saturated heterocycles. The van der Waals surface area contributed by atoms with Gasteiger partial charge in [0.2, 0.25) is 0 Å². The van der Waals surface area contributed by atoms with Gasteiger partial charge in [-0.2, -0.15) is 0 Å². The van der Waals surface area contributed by atoms with E-state index in [1.807, 2.05) is 6.92 Å². The van der Waals surface area contributed by atoms with Gasteiger partial charge in [-0.25, -0.2) is 0 Å². The Balaban J connectivity index is 2.75. The lowest BCUT2D eigenvalue weighted by Gasteiger charge is -2.12. The van der Waals surface area contributed by atoms with E-state index in [1.165, 1.54) is 0 Å². The molecule has 0 bridgehead atoms. The van der Waals surface area contributed by atoms with Crippen LogP contribution in [0.4, 0.5) is 0 Å². The summed E-state index contributed by atoms with van der Waals surface area (Å²) < 4.78 is 10.4. The van der Waals surface area contributed by atoms with E-state index in [2.05, 4.69) is 22.6 Å². The monoisotopic (exact) mass is 390 g/mol. The van der Waals surface area contributed by atoms with Crippen LogP contribution in [0.3, 0.4) is 0 Å². The summed E-state index contributed by atoms with van der Waals surface area (Å²) in [6.45, 7) is 5.48. The van der Waals surface area contributed by atoms with Gasteiger partial charge in [0.05, 0.1) is 12.3 Å². The van der Waals surface area contributed by atoms with Crippen molar-refractivity contribution in [3.8, 4) is 5.75 Å². The predicted molar refractivity (Wildman–Crippen MR) is 84.8 cm³/mol. The van der Waals surface area contributed by atoms with Crippen molar-refractivity contribution < 1.29 is 19.1 Å². The summed E-state index contributed by atoms with van der Waals surface area (Å²) in [6.07, 6.45) is 0.858. The lowest BCUT2D eigenvalue weighted by molar-refractivity contribution is -0.144. The number of ether oxygens (including phenoxy) is 2. The fraction of sp³-hybridized carbons (Fsp3) is 0.467. The van der Waals surface area contributed by atoms with Crippen molar-refractivity contribution in [3.63, 3.8) is 0 Å². The van der Waals surface area contributed by atoms with Gasteiger partial charge in [-0.1, -0.05) is 39.0 Å². The van der Waals surface area contributed by atoms with Crippen LogP contribution in [0.2, 0.25) is 0 Å². The molecule has 1 atom stereocenters. The molecule has 0 N–H and O–H groups in total. The van der Waals surface area contributed by atoms with Crippen LogP contribution in [0, 0.1) is 5.92 Å². The maximum Gasteiger partial charge on any atom is 0.313 e. The van der Waals surface area contributed by atoms with Crippen molar-refractivity contribution in [1.29, 1.82) is 0 Å². The van der Waals surface area contributed by atoms with E-state index in [9.17, 15) is 9.59 Å². The van der Waals surface area contributed by atoms with Crippen LogP contribution in [-0.2, 0) is 20.7 Å². The molecule has 0 aliphatic rings. The Bertz CT molecular complexity index is 471. The number of para-hydroxylation sites is 1. The van der Waals surface area contributed by atoms with Gasteiger partial charge < -0.3 is 9.47 Å². The van der Waals surface area contributed by atoms with Crippen molar-refractivity contribution in [2.45, 2.75) is 37.7 Å². The highest BCUT2D eigenvalue weighted by Gasteiger charge is 2.16. The van der Waals surface area contributed by atoms with E-state index in [-0.39, 0.29) is 28.4 Å². The zero-order valence-corrected chi connectivity index (χ0v) is 14.0. The zero-order chi connectivity index (χ0) is 15.1. The molecule has 1 rings (SSSR count). The molecular formula is C15H19IO4. The fourth-order valence-electron chi connectivity index (χ4n) is 1.40. The first-order valence-corrected chi connectivity index (χ1v) is 7.81. The van der Waals surface area contributed by atoms with E-state index >= 15 is 0 Å². The van der Waals surface area contributed by atoms with Crippen molar-refractivity contribution >= 4 is 34.5 Å². The second kappa shape index (κ2) is 8.24. The van der Waals surface area contributed by atoms with E-state index in [4.69, 9.17) is 9.47 Å². The zero-order valence-electron chi connectivity index (χ0n) is 11.9. The first-order chi connectivity index (χ1) is 9.43. The normalized spacial score (nSPS) is 12.1. The third-order valence-electron chi connectivity index (χ3n) is 2.57. The third-order valence-corrected chi connectivity index (χ3v) is 3.70. The van der Waals surface area contributed by atoms with E-state index in [1.54, 1.807) is 38.1 Å². The summed E-state index contributed by atoms with van der Waals surface area (Å²) in [4.78, 5) is 23.4. The lowest BCUT2D eigenvalue weighted by atomic mass is 10.1. The number of hydrogen-bond donors (Lipinski definition) is 0. The smallest absolute Gasteiger partial charge is 0.313 e. The molecule has 0 heterocycles. The molecule has 5 heteroatoms. The van der Waals surface area contributed by atoms with E-state index in [0.29, 0.717) is 11.3 Å². The summed E-state index contributed by atoms with van der Waals surface area (Å²) in [5, 5.41) is 0. The minimum atomic E-state index is -0.320. The number of halogens is 1. The standard InChI is InChI=1S/C15H19IO4/c1-4-13(16)20-14(17)9-11-7-5-6-8-12(11)19-15(18)10(2)3/h5-8,10,13H,4,9H2,1-3H3. The van der Waals surface area contributed by atoms with Gasteiger partial charge in [0, 0.05) is 5.56 Å². The molecular weight excluding hydrogens is 371 g/mol. The average molecular weight is 390 g/mol. The van der Waals surface area contributed by atoms with Gasteiger partial charge in [-0.3, -0.25) is 9.59 Å². The molecule has 110 valence electrons. The van der Waals surface area contributed by atoms with Gasteiger partial charge in [0.25, 0.3) is 0 Å². The number of carbonyl (C=O) groups is 2. The topological polar surface area (TPSA) is 52.6 Å². The summed E-state index contributed by atoms with van der Waals surface area (Å²) in [6, 6.07) is 7.02. The molecule has 1 unspecified atom stereocenters. The molecule has 0 fully saturated rings. The molecule has 0 amide bonds. The Kier molecular flexibility index (Phi) is 6.98. The Morgan fingerprint density at radius 3 is 2.50 bits per heavy atom.